The maximum absolute atomic E-state index is 9.43. The van der Waals surface area contributed by atoms with Crippen molar-refractivity contribution in [3.05, 3.63) is 0 Å². The summed E-state index contributed by atoms with van der Waals surface area (Å²) in [7, 11) is 0. The molecule has 3 heteroatoms. The van der Waals surface area contributed by atoms with Crippen LogP contribution in [0, 0.1) is 0 Å². The highest BCUT2D eigenvalue weighted by Crippen LogP contribution is 1.93. The normalized spacial score (nSPS) is 12.0. The third-order valence-corrected chi connectivity index (χ3v) is 1.09. The van der Waals surface area contributed by atoms with Crippen molar-refractivity contribution < 1.29 is 5.21 Å². The summed E-state index contributed by atoms with van der Waals surface area (Å²) in [6.45, 7) is 1.68. The van der Waals surface area contributed by atoms with Gasteiger partial charge >= 0.3 is 0 Å². The van der Waals surface area contributed by atoms with E-state index in [9.17, 15) is 5.21 Å². The summed E-state index contributed by atoms with van der Waals surface area (Å²) in [6, 6.07) is 0. The minimum Gasteiger partial charge on any atom is -0.145 e. The lowest BCUT2D eigenvalue weighted by molar-refractivity contribution is 0.210. The lowest BCUT2D eigenvalue weighted by Gasteiger charge is -1.78. The molecule has 6 heavy (non-hydrogen) atoms. The van der Waals surface area contributed by atoms with Crippen molar-refractivity contribution in [2.45, 2.75) is 6.92 Å². The first-order valence-electron chi connectivity index (χ1n) is 1.52. The van der Waals surface area contributed by atoms with Crippen LogP contribution in [-0.2, 0) is 5.21 Å². The van der Waals surface area contributed by atoms with Crippen molar-refractivity contribution in [2.75, 3.05) is 6.26 Å². The van der Waals surface area contributed by atoms with E-state index in [1.54, 1.807) is 6.92 Å². The van der Waals surface area contributed by atoms with Crippen LogP contribution in [0.2, 0.25) is 0 Å². The van der Waals surface area contributed by atoms with Crippen LogP contribution in [0.25, 0.3) is 0 Å². The number of rotatable bonds is 0. The van der Waals surface area contributed by atoms with Gasteiger partial charge < -0.3 is 0 Å². The van der Waals surface area contributed by atoms with Gasteiger partial charge in [-0.3, -0.25) is 0 Å². The van der Waals surface area contributed by atoms with E-state index in [0.29, 0.717) is 5.04 Å². The highest BCUT2D eigenvalue weighted by molar-refractivity contribution is 8.13. The third-order valence-electron chi connectivity index (χ3n) is 0.424. The standard InChI is InChI=1S/C3H6NOS/c1-3(4-5)6-2/h1-2H3. The summed E-state index contributed by atoms with van der Waals surface area (Å²) < 4.78 is 0. The summed E-state index contributed by atoms with van der Waals surface area (Å²) in [5.41, 5.74) is 0. The van der Waals surface area contributed by atoms with E-state index in [1.807, 2.05) is 6.26 Å². The van der Waals surface area contributed by atoms with Gasteiger partial charge in [0.2, 0.25) is 0 Å². The van der Waals surface area contributed by atoms with Crippen molar-refractivity contribution in [1.29, 1.82) is 0 Å². The second-order valence-electron chi connectivity index (χ2n) is 0.814. The van der Waals surface area contributed by atoms with Gasteiger partial charge in [0.05, 0.1) is 0 Å². The maximum atomic E-state index is 9.43. The van der Waals surface area contributed by atoms with Gasteiger partial charge in [-0.25, -0.2) is 0 Å². The van der Waals surface area contributed by atoms with Gasteiger partial charge in [-0.15, -0.1) is 17.0 Å². The Morgan fingerprint density at radius 1 is 1.83 bits per heavy atom. The Balaban J connectivity index is 3.22. The summed E-state index contributed by atoms with van der Waals surface area (Å²) in [5.74, 6) is 0. The van der Waals surface area contributed by atoms with Crippen molar-refractivity contribution in [2.24, 2.45) is 5.16 Å². The summed E-state index contributed by atoms with van der Waals surface area (Å²) in [4.78, 5) is 0. The van der Waals surface area contributed by atoms with E-state index < -0.39 is 0 Å². The zero-order valence-electron chi connectivity index (χ0n) is 3.76. The van der Waals surface area contributed by atoms with Crippen LogP contribution in [0.4, 0.5) is 0 Å². The predicted molar refractivity (Wildman–Crippen MR) is 27.3 cm³/mol. The number of hydrogen-bond acceptors (Lipinski definition) is 2. The van der Waals surface area contributed by atoms with Crippen molar-refractivity contribution in [3.63, 3.8) is 0 Å². The molecule has 0 amide bonds. The fraction of sp³-hybridized carbons (Fsp3) is 0.667. The van der Waals surface area contributed by atoms with Crippen LogP contribution in [0.5, 0.6) is 0 Å². The van der Waals surface area contributed by atoms with E-state index >= 15 is 0 Å². The van der Waals surface area contributed by atoms with Crippen LogP contribution in [-0.4, -0.2) is 11.3 Å². The van der Waals surface area contributed by atoms with Crippen LogP contribution < -0.4 is 0 Å². The fourth-order valence-electron chi connectivity index (χ4n) is 0.0373. The molecule has 0 rings (SSSR count). The molecule has 0 heterocycles. The molecule has 0 aliphatic carbocycles. The largest absolute Gasteiger partial charge is 0.145 e. The summed E-state index contributed by atoms with van der Waals surface area (Å²) in [5, 5.41) is 12.6. The van der Waals surface area contributed by atoms with E-state index in [4.69, 9.17) is 0 Å². The first-order valence-corrected chi connectivity index (χ1v) is 2.74. The number of thioether (sulfide) groups is 1. The highest BCUT2D eigenvalue weighted by Gasteiger charge is 1.79. The molecule has 0 saturated carbocycles. The molecule has 0 bridgehead atoms. The molecular formula is C3H6NOS. The molecule has 0 aromatic carbocycles. The molecule has 0 N–H and O–H groups in total. The SMILES string of the molecule is CSC(C)=N[O]. The molecule has 0 spiro atoms. The molecule has 35 valence electrons. The molecule has 0 aromatic heterocycles. The zero-order chi connectivity index (χ0) is 4.99. The fourth-order valence-corrected chi connectivity index (χ4v) is 0.112. The minimum atomic E-state index is 0.579. The second kappa shape index (κ2) is 3.03. The molecule has 0 aliphatic heterocycles. The van der Waals surface area contributed by atoms with E-state index in [2.05, 4.69) is 5.16 Å². The first-order chi connectivity index (χ1) is 2.81. The molecule has 0 aliphatic rings. The molecule has 0 saturated heterocycles. The van der Waals surface area contributed by atoms with Crippen LogP contribution in [0.3, 0.4) is 0 Å². The molecule has 1 radical (unpaired) electrons. The average Bonchev–Trinajstić information content (AvgIpc) is 1.65. The molecule has 0 fully saturated rings. The van der Waals surface area contributed by atoms with E-state index in [1.165, 1.54) is 11.8 Å². The molecule has 0 atom stereocenters. The topological polar surface area (TPSA) is 32.3 Å². The van der Waals surface area contributed by atoms with Gasteiger partial charge in [-0.1, -0.05) is 0 Å². The van der Waals surface area contributed by atoms with E-state index in [-0.39, 0.29) is 0 Å². The van der Waals surface area contributed by atoms with Crippen LogP contribution >= 0.6 is 11.8 Å². The Kier molecular flexibility index (Phi) is 2.94. The lowest BCUT2D eigenvalue weighted by atomic mass is 10.9. The lowest BCUT2D eigenvalue weighted by Crippen LogP contribution is -1.75. The van der Waals surface area contributed by atoms with Crippen molar-refractivity contribution >= 4 is 16.8 Å². The quantitative estimate of drug-likeness (QED) is 0.257. The first kappa shape index (κ1) is 5.82. The molecular weight excluding hydrogens is 98.1 g/mol. The van der Waals surface area contributed by atoms with Gasteiger partial charge in [-0.05, 0) is 18.3 Å². The van der Waals surface area contributed by atoms with Gasteiger partial charge in [0.25, 0.3) is 0 Å². The second-order valence-corrected chi connectivity index (χ2v) is 1.81. The van der Waals surface area contributed by atoms with E-state index in [0.717, 1.165) is 0 Å². The molecule has 0 unspecified atom stereocenters. The monoisotopic (exact) mass is 104 g/mol. The van der Waals surface area contributed by atoms with Gasteiger partial charge in [0.1, 0.15) is 5.04 Å². The summed E-state index contributed by atoms with van der Waals surface area (Å²) >= 11 is 1.36. The third kappa shape index (κ3) is 2.08. The Labute approximate surface area is 41.2 Å². The predicted octanol–water partition coefficient (Wildman–Crippen LogP) is 1.11. The van der Waals surface area contributed by atoms with Gasteiger partial charge in [0, 0.05) is 0 Å². The molecule has 0 aromatic rings. The van der Waals surface area contributed by atoms with Crippen LogP contribution in [0.1, 0.15) is 6.92 Å². The van der Waals surface area contributed by atoms with Crippen molar-refractivity contribution in [3.8, 4) is 0 Å². The highest BCUT2D eigenvalue weighted by atomic mass is 32.2. The molecule has 2 nitrogen and oxygen atoms in total. The smallest absolute Gasteiger partial charge is 0.114 e. The zero-order valence-corrected chi connectivity index (χ0v) is 4.58. The minimum absolute atomic E-state index is 0.579. The van der Waals surface area contributed by atoms with Gasteiger partial charge in [-0.2, -0.15) is 0 Å². The Morgan fingerprint density at radius 2 is 2.33 bits per heavy atom. The Morgan fingerprint density at radius 3 is 2.33 bits per heavy atom. The summed E-state index contributed by atoms with van der Waals surface area (Å²) in [6.07, 6.45) is 1.82. The Hall–Kier alpha value is -0.180. The maximum Gasteiger partial charge on any atom is 0.114 e. The average molecular weight is 104 g/mol. The van der Waals surface area contributed by atoms with Gasteiger partial charge in [0.15, 0.2) is 0 Å². The Bertz CT molecular complexity index is 61.8. The van der Waals surface area contributed by atoms with Crippen LogP contribution in [0.15, 0.2) is 5.16 Å². The number of hydrogen-bond donors (Lipinski definition) is 0. The number of nitrogens with zero attached hydrogens (tertiary/aromatic N) is 1. The van der Waals surface area contributed by atoms with Crippen molar-refractivity contribution in [1.82, 2.24) is 0 Å².